The lowest BCUT2D eigenvalue weighted by molar-refractivity contribution is -0.113. The summed E-state index contributed by atoms with van der Waals surface area (Å²) in [6.07, 6.45) is 1.69. The summed E-state index contributed by atoms with van der Waals surface area (Å²) in [7, 11) is 0. The number of fused-ring (bicyclic) bond motifs is 1. The van der Waals surface area contributed by atoms with E-state index in [-0.39, 0.29) is 5.70 Å². The van der Waals surface area contributed by atoms with E-state index in [4.69, 9.17) is 5.73 Å². The highest BCUT2D eigenvalue weighted by Gasteiger charge is 2.13. The molecular weight excluding hydrogens is 332 g/mol. The van der Waals surface area contributed by atoms with E-state index >= 15 is 0 Å². The molecule has 1 heterocycles. The highest BCUT2D eigenvalue weighted by Crippen LogP contribution is 2.18. The quantitative estimate of drug-likeness (QED) is 0.743. The molecule has 1 amide bonds. The van der Waals surface area contributed by atoms with Crippen LogP contribution in [-0.2, 0) is 4.79 Å². The Morgan fingerprint density at radius 1 is 1.14 bits per heavy atom. The van der Waals surface area contributed by atoms with Gasteiger partial charge in [-0.3, -0.25) is 4.79 Å². The van der Waals surface area contributed by atoms with Crippen molar-refractivity contribution in [2.24, 2.45) is 5.73 Å². The second kappa shape index (κ2) is 5.49. The number of nitrogens with zero attached hydrogens (tertiary/aromatic N) is 3. The number of hydrogen-bond acceptors (Lipinski definition) is 3. The lowest BCUT2D eigenvalue weighted by atomic mass is 10.2. The normalized spacial score (nSPS) is 11.8. The molecule has 2 N–H and O–H groups in total. The summed E-state index contributed by atoms with van der Waals surface area (Å²) >= 11 is 3.37. The Morgan fingerprint density at radius 2 is 1.86 bits per heavy atom. The van der Waals surface area contributed by atoms with E-state index in [0.717, 1.165) is 15.6 Å². The van der Waals surface area contributed by atoms with Crippen LogP contribution < -0.4 is 5.73 Å². The monoisotopic (exact) mass is 342 g/mol. The molecule has 0 saturated heterocycles. The maximum atomic E-state index is 11.8. The molecule has 0 saturated carbocycles. The molecule has 6 heteroatoms. The van der Waals surface area contributed by atoms with Crippen molar-refractivity contribution in [1.82, 2.24) is 15.0 Å². The fourth-order valence-electron chi connectivity index (χ4n) is 2.00. The first kappa shape index (κ1) is 13.5. The van der Waals surface area contributed by atoms with Gasteiger partial charge in [0.1, 0.15) is 11.2 Å². The largest absolute Gasteiger partial charge is 0.364 e. The minimum atomic E-state index is -0.562. The van der Waals surface area contributed by atoms with Crippen LogP contribution in [0.3, 0.4) is 0 Å². The van der Waals surface area contributed by atoms with Crippen molar-refractivity contribution in [3.8, 4) is 0 Å². The summed E-state index contributed by atoms with van der Waals surface area (Å²) in [5, 5.41) is 8.05. The number of amides is 1. The Morgan fingerprint density at radius 3 is 2.57 bits per heavy atom. The Hall–Kier alpha value is -2.47. The lowest BCUT2D eigenvalue weighted by Gasteiger charge is -2.04. The maximum Gasteiger partial charge on any atom is 0.267 e. The number of primary amides is 1. The summed E-state index contributed by atoms with van der Waals surface area (Å²) in [4.78, 5) is 11.8. The fourth-order valence-corrected chi connectivity index (χ4v) is 2.26. The Balaban J connectivity index is 2.14. The van der Waals surface area contributed by atoms with Gasteiger partial charge >= 0.3 is 0 Å². The number of nitrogens with two attached hydrogens (primary N) is 1. The van der Waals surface area contributed by atoms with E-state index in [9.17, 15) is 4.79 Å². The molecule has 0 aliphatic rings. The molecule has 2 aromatic carbocycles. The average Bonchev–Trinajstić information content (AvgIpc) is 2.90. The number of para-hydroxylation sites is 1. The van der Waals surface area contributed by atoms with E-state index in [1.165, 1.54) is 4.68 Å². The van der Waals surface area contributed by atoms with Gasteiger partial charge in [-0.1, -0.05) is 45.4 Å². The van der Waals surface area contributed by atoms with Crippen LogP contribution >= 0.6 is 15.9 Å². The highest BCUT2D eigenvalue weighted by molar-refractivity contribution is 9.10. The molecule has 0 aliphatic heterocycles. The van der Waals surface area contributed by atoms with Gasteiger partial charge in [-0.05, 0) is 35.9 Å². The molecule has 1 aromatic heterocycles. The number of aromatic nitrogens is 3. The van der Waals surface area contributed by atoms with E-state index in [1.807, 2.05) is 48.5 Å². The van der Waals surface area contributed by atoms with E-state index in [0.29, 0.717) is 5.52 Å². The molecule has 0 aliphatic carbocycles. The minimum Gasteiger partial charge on any atom is -0.364 e. The van der Waals surface area contributed by atoms with Crippen LogP contribution in [0.25, 0.3) is 22.8 Å². The first-order chi connectivity index (χ1) is 10.1. The van der Waals surface area contributed by atoms with Crippen molar-refractivity contribution < 1.29 is 4.79 Å². The molecule has 0 radical (unpaired) electrons. The molecular formula is C15H11BrN4O. The first-order valence-electron chi connectivity index (χ1n) is 6.23. The van der Waals surface area contributed by atoms with Crippen LogP contribution in [-0.4, -0.2) is 20.9 Å². The Kier molecular flexibility index (Phi) is 3.53. The number of carbonyl (C=O) groups is 1. The van der Waals surface area contributed by atoms with Gasteiger partial charge in [0, 0.05) is 4.47 Å². The van der Waals surface area contributed by atoms with Gasteiger partial charge in [0.15, 0.2) is 0 Å². The van der Waals surface area contributed by atoms with Crippen LogP contribution in [0.4, 0.5) is 0 Å². The molecule has 0 fully saturated rings. The number of halogens is 1. The smallest absolute Gasteiger partial charge is 0.267 e. The zero-order valence-electron chi connectivity index (χ0n) is 10.9. The van der Waals surface area contributed by atoms with Gasteiger partial charge in [0.25, 0.3) is 5.91 Å². The average molecular weight is 343 g/mol. The van der Waals surface area contributed by atoms with Crippen LogP contribution in [0.15, 0.2) is 53.0 Å². The maximum absolute atomic E-state index is 11.8. The van der Waals surface area contributed by atoms with Crippen molar-refractivity contribution in [3.05, 3.63) is 58.6 Å². The van der Waals surface area contributed by atoms with Gasteiger partial charge in [-0.25, -0.2) is 4.68 Å². The number of benzene rings is 2. The molecule has 0 bridgehead atoms. The summed E-state index contributed by atoms with van der Waals surface area (Å²) in [6, 6.07) is 14.9. The van der Waals surface area contributed by atoms with Crippen LogP contribution in [0.2, 0.25) is 0 Å². The van der Waals surface area contributed by atoms with Gasteiger partial charge < -0.3 is 5.73 Å². The summed E-state index contributed by atoms with van der Waals surface area (Å²) in [6.45, 7) is 0. The van der Waals surface area contributed by atoms with Gasteiger partial charge in [-0.15, -0.1) is 5.10 Å². The van der Waals surface area contributed by atoms with Crippen molar-refractivity contribution in [1.29, 1.82) is 0 Å². The summed E-state index contributed by atoms with van der Waals surface area (Å²) < 4.78 is 2.42. The lowest BCUT2D eigenvalue weighted by Crippen LogP contribution is -2.18. The van der Waals surface area contributed by atoms with E-state index in [1.54, 1.807) is 6.08 Å². The zero-order valence-corrected chi connectivity index (χ0v) is 12.5. The predicted octanol–water partition coefficient (Wildman–Crippen LogP) is 2.68. The summed E-state index contributed by atoms with van der Waals surface area (Å²) in [5.41, 5.74) is 8.06. The van der Waals surface area contributed by atoms with Crippen LogP contribution in [0.5, 0.6) is 0 Å². The second-order valence-corrected chi connectivity index (χ2v) is 5.35. The van der Waals surface area contributed by atoms with Gasteiger partial charge in [0.05, 0.1) is 5.52 Å². The third-order valence-electron chi connectivity index (χ3n) is 3.01. The minimum absolute atomic E-state index is 0.269. The topological polar surface area (TPSA) is 73.8 Å². The SMILES string of the molecule is NC(=O)/C(=C\c1ccc(Br)cc1)n1nnc2ccccc21. The van der Waals surface area contributed by atoms with Crippen molar-refractivity contribution in [3.63, 3.8) is 0 Å². The van der Waals surface area contributed by atoms with E-state index in [2.05, 4.69) is 26.2 Å². The first-order valence-corrected chi connectivity index (χ1v) is 7.02. The second-order valence-electron chi connectivity index (χ2n) is 4.44. The molecule has 104 valence electrons. The summed E-state index contributed by atoms with van der Waals surface area (Å²) in [5.74, 6) is -0.562. The van der Waals surface area contributed by atoms with Crippen molar-refractivity contribution >= 4 is 44.6 Å². The fraction of sp³-hybridized carbons (Fsp3) is 0. The van der Waals surface area contributed by atoms with Gasteiger partial charge in [-0.2, -0.15) is 0 Å². The molecule has 21 heavy (non-hydrogen) atoms. The highest BCUT2D eigenvalue weighted by atomic mass is 79.9. The third kappa shape index (κ3) is 2.71. The third-order valence-corrected chi connectivity index (χ3v) is 3.53. The van der Waals surface area contributed by atoms with Crippen molar-refractivity contribution in [2.45, 2.75) is 0 Å². The number of carbonyl (C=O) groups excluding carboxylic acids is 1. The Bertz CT molecular complexity index is 836. The number of hydrogen-bond donors (Lipinski definition) is 1. The van der Waals surface area contributed by atoms with Gasteiger partial charge in [0.2, 0.25) is 0 Å². The van der Waals surface area contributed by atoms with Crippen molar-refractivity contribution in [2.75, 3.05) is 0 Å². The number of rotatable bonds is 3. The van der Waals surface area contributed by atoms with Crippen LogP contribution in [0, 0.1) is 0 Å². The zero-order chi connectivity index (χ0) is 14.8. The van der Waals surface area contributed by atoms with Crippen LogP contribution in [0.1, 0.15) is 5.56 Å². The predicted molar refractivity (Wildman–Crippen MR) is 85.0 cm³/mol. The molecule has 5 nitrogen and oxygen atoms in total. The molecule has 0 unspecified atom stereocenters. The Labute approximate surface area is 129 Å². The molecule has 3 rings (SSSR count). The van der Waals surface area contributed by atoms with E-state index < -0.39 is 5.91 Å². The molecule has 0 spiro atoms. The standard InChI is InChI=1S/C15H11BrN4O/c16-11-7-5-10(6-8-11)9-14(15(17)21)20-13-4-2-1-3-12(13)18-19-20/h1-9H,(H2,17,21)/b14-9+. The molecule has 0 atom stereocenters. The molecule has 3 aromatic rings.